The molecule has 2 heterocycles. The summed E-state index contributed by atoms with van der Waals surface area (Å²) < 4.78 is 1.32. The second-order valence-corrected chi connectivity index (χ2v) is 5.65. The Morgan fingerprint density at radius 2 is 1.81 bits per heavy atom. The van der Waals surface area contributed by atoms with Crippen LogP contribution in [0.25, 0.3) is 9.53 Å². The van der Waals surface area contributed by atoms with Gasteiger partial charge in [-0.15, -0.1) is 22.7 Å². The van der Waals surface area contributed by atoms with Crippen molar-refractivity contribution >= 4 is 32.2 Å². The predicted octanol–water partition coefficient (Wildman–Crippen LogP) is 4.66. The quantitative estimate of drug-likeness (QED) is 0.563. The van der Waals surface area contributed by atoms with Crippen LogP contribution in [0, 0.1) is 13.8 Å². The van der Waals surface area contributed by atoms with E-state index in [1.165, 1.54) is 20.0 Å². The van der Waals surface area contributed by atoms with Crippen molar-refractivity contribution in [3.05, 3.63) is 52.3 Å². The molecule has 3 aromatic rings. The maximum atomic E-state index is 4.18. The van der Waals surface area contributed by atoms with Crippen LogP contribution in [0.3, 0.4) is 0 Å². The average molecular weight is 247 g/mol. The number of rotatable bonds is 0. The van der Waals surface area contributed by atoms with Gasteiger partial charge in [-0.05, 0) is 19.9 Å². The van der Waals surface area contributed by atoms with Crippen molar-refractivity contribution < 1.29 is 0 Å². The van der Waals surface area contributed by atoms with Gasteiger partial charge < -0.3 is 0 Å². The largest absolute Gasteiger partial charge is 0.234 e. The van der Waals surface area contributed by atoms with Gasteiger partial charge in [0.1, 0.15) is 4.83 Å². The normalized spacial score (nSPS) is 9.88. The van der Waals surface area contributed by atoms with E-state index in [0.29, 0.717) is 0 Å². The lowest BCUT2D eigenvalue weighted by atomic mass is 10.2. The Morgan fingerprint density at radius 1 is 1.06 bits per heavy atom. The molecule has 2 aromatic heterocycles. The third-order valence-corrected chi connectivity index (χ3v) is 3.96. The molecule has 82 valence electrons. The van der Waals surface area contributed by atoms with Crippen LogP contribution in [-0.2, 0) is 0 Å². The molecule has 3 heteroatoms. The molecule has 0 bridgehead atoms. The first-order valence-electron chi connectivity index (χ1n) is 5.07. The van der Waals surface area contributed by atoms with Gasteiger partial charge in [0, 0.05) is 4.88 Å². The topological polar surface area (TPSA) is 12.9 Å². The number of hydrogen-bond donors (Lipinski definition) is 0. The van der Waals surface area contributed by atoms with Crippen LogP contribution in [0.5, 0.6) is 0 Å². The fourth-order valence-electron chi connectivity index (χ4n) is 1.32. The van der Waals surface area contributed by atoms with Crippen LogP contribution in [0.2, 0.25) is 0 Å². The second-order valence-electron chi connectivity index (χ2n) is 3.53. The number of thiophene rings is 1. The summed E-state index contributed by atoms with van der Waals surface area (Å²) >= 11 is 3.47. The Bertz CT molecular complexity index is 523. The lowest BCUT2D eigenvalue weighted by Crippen LogP contribution is -1.62. The molecule has 0 unspecified atom stereocenters. The highest BCUT2D eigenvalue weighted by molar-refractivity contribution is 7.26. The van der Waals surface area contributed by atoms with Gasteiger partial charge in [-0.2, -0.15) is 0 Å². The summed E-state index contributed by atoms with van der Waals surface area (Å²) in [5, 5.41) is 0. The molecule has 0 aliphatic heterocycles. The summed E-state index contributed by atoms with van der Waals surface area (Å²) in [5.74, 6) is 0. The van der Waals surface area contributed by atoms with E-state index in [9.17, 15) is 0 Å². The van der Waals surface area contributed by atoms with Crippen LogP contribution in [0.4, 0.5) is 0 Å². The van der Waals surface area contributed by atoms with E-state index >= 15 is 0 Å². The molecule has 0 spiro atoms. The van der Waals surface area contributed by atoms with E-state index in [0.717, 1.165) is 0 Å². The Labute approximate surface area is 103 Å². The average Bonchev–Trinajstić information content (AvgIpc) is 2.79. The maximum absolute atomic E-state index is 4.18. The molecule has 0 saturated carbocycles. The molecule has 3 rings (SSSR count). The van der Waals surface area contributed by atoms with Gasteiger partial charge in [-0.1, -0.05) is 35.9 Å². The SMILES string of the molecule is Cc1cc2scnc2s1.Cc1ccccc1. The number of benzene rings is 1. The number of fused-ring (bicyclic) bond motifs is 1. The third kappa shape index (κ3) is 2.90. The van der Waals surface area contributed by atoms with Gasteiger partial charge in [-0.3, -0.25) is 0 Å². The monoisotopic (exact) mass is 247 g/mol. The van der Waals surface area contributed by atoms with E-state index in [4.69, 9.17) is 0 Å². The van der Waals surface area contributed by atoms with Crippen molar-refractivity contribution in [1.29, 1.82) is 0 Å². The molecular formula is C13H13NS2. The van der Waals surface area contributed by atoms with Gasteiger partial charge in [-0.25, -0.2) is 4.98 Å². The van der Waals surface area contributed by atoms with E-state index < -0.39 is 0 Å². The lowest BCUT2D eigenvalue weighted by Gasteiger charge is -1.82. The zero-order valence-electron chi connectivity index (χ0n) is 9.31. The minimum Gasteiger partial charge on any atom is -0.234 e. The van der Waals surface area contributed by atoms with E-state index in [2.05, 4.69) is 37.0 Å². The predicted molar refractivity (Wildman–Crippen MR) is 73.4 cm³/mol. The fourth-order valence-corrected chi connectivity index (χ4v) is 3.15. The minimum absolute atomic E-state index is 1.18. The summed E-state index contributed by atoms with van der Waals surface area (Å²) in [7, 11) is 0. The Morgan fingerprint density at radius 3 is 2.38 bits per heavy atom. The highest BCUT2D eigenvalue weighted by Crippen LogP contribution is 2.26. The Kier molecular flexibility index (Phi) is 3.70. The molecule has 1 nitrogen and oxygen atoms in total. The van der Waals surface area contributed by atoms with E-state index in [-0.39, 0.29) is 0 Å². The second kappa shape index (κ2) is 5.23. The molecule has 16 heavy (non-hydrogen) atoms. The standard InChI is InChI=1S/C7H8.C6H5NS2/c1-7-5-3-2-4-6-7;1-4-2-5-6(9-4)7-3-8-5/h2-6H,1H3;2-3H,1H3. The third-order valence-electron chi connectivity index (χ3n) is 2.09. The number of nitrogens with zero attached hydrogens (tertiary/aromatic N) is 1. The highest BCUT2D eigenvalue weighted by atomic mass is 32.1. The zero-order chi connectivity index (χ0) is 11.4. The Hall–Kier alpha value is -1.19. The molecule has 1 aromatic carbocycles. The molecule has 0 aliphatic rings. The van der Waals surface area contributed by atoms with Crippen LogP contribution in [0.15, 0.2) is 41.9 Å². The van der Waals surface area contributed by atoms with Crippen molar-refractivity contribution in [2.75, 3.05) is 0 Å². The first kappa shape index (κ1) is 11.3. The van der Waals surface area contributed by atoms with Crippen molar-refractivity contribution in [3.8, 4) is 0 Å². The minimum atomic E-state index is 1.18. The molecule has 0 saturated heterocycles. The summed E-state index contributed by atoms with van der Waals surface area (Å²) in [6.45, 7) is 4.19. The van der Waals surface area contributed by atoms with Crippen LogP contribution < -0.4 is 0 Å². The van der Waals surface area contributed by atoms with Crippen molar-refractivity contribution in [2.24, 2.45) is 0 Å². The summed E-state index contributed by atoms with van der Waals surface area (Å²) in [6.07, 6.45) is 0. The summed E-state index contributed by atoms with van der Waals surface area (Å²) in [4.78, 5) is 6.71. The zero-order valence-corrected chi connectivity index (χ0v) is 10.9. The van der Waals surface area contributed by atoms with Crippen molar-refractivity contribution in [2.45, 2.75) is 13.8 Å². The molecule has 0 atom stereocenters. The van der Waals surface area contributed by atoms with Gasteiger partial charge in [0.15, 0.2) is 0 Å². The molecule has 0 radical (unpaired) electrons. The van der Waals surface area contributed by atoms with Crippen molar-refractivity contribution in [3.63, 3.8) is 0 Å². The first-order valence-corrected chi connectivity index (χ1v) is 6.76. The summed E-state index contributed by atoms with van der Waals surface area (Å²) in [6, 6.07) is 12.4. The van der Waals surface area contributed by atoms with Crippen LogP contribution >= 0.6 is 22.7 Å². The molecule has 0 amide bonds. The Balaban J connectivity index is 0.000000125. The molecular weight excluding hydrogens is 234 g/mol. The number of aromatic nitrogens is 1. The smallest absolute Gasteiger partial charge is 0.134 e. The van der Waals surface area contributed by atoms with Crippen LogP contribution in [-0.4, -0.2) is 4.98 Å². The molecule has 0 fully saturated rings. The van der Waals surface area contributed by atoms with Gasteiger partial charge in [0.25, 0.3) is 0 Å². The van der Waals surface area contributed by atoms with Crippen LogP contribution in [0.1, 0.15) is 10.4 Å². The number of aryl methyl sites for hydroxylation is 2. The van der Waals surface area contributed by atoms with E-state index in [1.807, 2.05) is 23.7 Å². The van der Waals surface area contributed by atoms with Gasteiger partial charge in [0.2, 0.25) is 0 Å². The van der Waals surface area contributed by atoms with Gasteiger partial charge in [0.05, 0.1) is 10.2 Å². The van der Waals surface area contributed by atoms with Crippen molar-refractivity contribution in [1.82, 2.24) is 4.98 Å². The van der Waals surface area contributed by atoms with Gasteiger partial charge >= 0.3 is 0 Å². The fraction of sp³-hybridized carbons (Fsp3) is 0.154. The van der Waals surface area contributed by atoms with E-state index in [1.54, 1.807) is 22.7 Å². The summed E-state index contributed by atoms with van der Waals surface area (Å²) in [5.41, 5.74) is 3.21. The first-order chi connectivity index (χ1) is 7.75. The molecule has 0 N–H and O–H groups in total. The maximum Gasteiger partial charge on any atom is 0.134 e. The highest BCUT2D eigenvalue weighted by Gasteiger charge is 1.97. The number of thiazole rings is 1. The lowest BCUT2D eigenvalue weighted by molar-refractivity contribution is 1.48. The number of hydrogen-bond acceptors (Lipinski definition) is 3. The molecule has 0 aliphatic carbocycles.